The van der Waals surface area contributed by atoms with E-state index in [-0.39, 0.29) is 17.5 Å². The third-order valence-corrected chi connectivity index (χ3v) is 4.82. The Morgan fingerprint density at radius 3 is 2.67 bits per heavy atom. The van der Waals surface area contributed by atoms with Crippen LogP contribution in [0.4, 0.5) is 0 Å². The summed E-state index contributed by atoms with van der Waals surface area (Å²) >= 11 is 0. The van der Waals surface area contributed by atoms with Gasteiger partial charge in [0.1, 0.15) is 9.84 Å². The molecule has 0 saturated carbocycles. The summed E-state index contributed by atoms with van der Waals surface area (Å²) in [4.78, 5) is 0. The van der Waals surface area contributed by atoms with Crippen LogP contribution in [0.15, 0.2) is 24.3 Å². The molecule has 1 aromatic carbocycles. The lowest BCUT2D eigenvalue weighted by molar-refractivity contribution is 0.507. The molecule has 1 unspecified atom stereocenters. The van der Waals surface area contributed by atoms with Crippen LogP contribution >= 0.6 is 0 Å². The maximum Gasteiger partial charge on any atom is 0.150 e. The molecule has 0 bridgehead atoms. The van der Waals surface area contributed by atoms with E-state index in [2.05, 4.69) is 11.5 Å². The summed E-state index contributed by atoms with van der Waals surface area (Å²) in [5.74, 6) is 5.97. The van der Waals surface area contributed by atoms with Crippen molar-refractivity contribution in [2.24, 2.45) is 5.84 Å². The second kappa shape index (κ2) is 6.87. The summed E-state index contributed by atoms with van der Waals surface area (Å²) in [5.41, 5.74) is 5.03. The van der Waals surface area contributed by atoms with Crippen LogP contribution in [0.25, 0.3) is 0 Å². The number of aryl methyl sites for hydroxylation is 1. The van der Waals surface area contributed by atoms with Gasteiger partial charge in [0.2, 0.25) is 0 Å². The van der Waals surface area contributed by atoms with E-state index >= 15 is 0 Å². The smallest absolute Gasteiger partial charge is 0.150 e. The second-order valence-electron chi connectivity index (χ2n) is 4.51. The maximum absolute atomic E-state index is 11.4. The highest BCUT2D eigenvalue weighted by Gasteiger charge is 2.12. The summed E-state index contributed by atoms with van der Waals surface area (Å²) in [5, 5.41) is 0. The van der Waals surface area contributed by atoms with Crippen molar-refractivity contribution in [3.05, 3.63) is 35.4 Å². The zero-order chi connectivity index (χ0) is 13.6. The molecule has 1 aromatic rings. The highest BCUT2D eigenvalue weighted by Crippen LogP contribution is 2.19. The Morgan fingerprint density at radius 2 is 2.11 bits per heavy atom. The van der Waals surface area contributed by atoms with Crippen LogP contribution in [0.1, 0.15) is 36.9 Å². The van der Waals surface area contributed by atoms with E-state index in [0.717, 1.165) is 12.0 Å². The zero-order valence-corrected chi connectivity index (χ0v) is 11.8. The predicted molar refractivity (Wildman–Crippen MR) is 74.8 cm³/mol. The summed E-state index contributed by atoms with van der Waals surface area (Å²) in [7, 11) is -2.88. The number of rotatable bonds is 7. The van der Waals surface area contributed by atoms with Crippen LogP contribution in [-0.4, -0.2) is 19.9 Å². The number of sulfone groups is 1. The molecule has 0 amide bonds. The molecule has 0 spiro atoms. The topological polar surface area (TPSA) is 72.2 Å². The number of nitrogens with one attached hydrogen (secondary N) is 1. The number of hydrazine groups is 1. The summed E-state index contributed by atoms with van der Waals surface area (Å²) in [6.07, 6.45) is 1.35. The van der Waals surface area contributed by atoms with Gasteiger partial charge < -0.3 is 0 Å². The van der Waals surface area contributed by atoms with Crippen molar-refractivity contribution >= 4 is 9.84 Å². The first-order valence-electron chi connectivity index (χ1n) is 6.21. The molecule has 18 heavy (non-hydrogen) atoms. The van der Waals surface area contributed by atoms with E-state index in [0.29, 0.717) is 6.42 Å². The van der Waals surface area contributed by atoms with Crippen molar-refractivity contribution in [1.29, 1.82) is 0 Å². The van der Waals surface area contributed by atoms with Crippen LogP contribution in [0.2, 0.25) is 0 Å². The van der Waals surface area contributed by atoms with Crippen LogP contribution in [-0.2, 0) is 9.84 Å². The number of nitrogens with two attached hydrogens (primary N) is 1. The van der Waals surface area contributed by atoms with Crippen LogP contribution in [0.3, 0.4) is 0 Å². The molecule has 0 aliphatic heterocycles. The molecule has 0 aliphatic rings. The van der Waals surface area contributed by atoms with Gasteiger partial charge in [0.15, 0.2) is 0 Å². The maximum atomic E-state index is 11.4. The van der Waals surface area contributed by atoms with Crippen molar-refractivity contribution < 1.29 is 8.42 Å². The van der Waals surface area contributed by atoms with E-state index in [1.807, 2.05) is 25.1 Å². The first-order valence-corrected chi connectivity index (χ1v) is 8.03. The minimum absolute atomic E-state index is 0.0111. The lowest BCUT2D eigenvalue weighted by Crippen LogP contribution is -2.28. The molecule has 5 heteroatoms. The quantitative estimate of drug-likeness (QED) is 0.584. The van der Waals surface area contributed by atoms with Gasteiger partial charge in [0, 0.05) is 11.8 Å². The van der Waals surface area contributed by atoms with Crippen LogP contribution < -0.4 is 11.3 Å². The van der Waals surface area contributed by atoms with E-state index in [4.69, 9.17) is 5.84 Å². The van der Waals surface area contributed by atoms with Crippen LogP contribution in [0.5, 0.6) is 0 Å². The van der Waals surface area contributed by atoms with Crippen molar-refractivity contribution in [3.63, 3.8) is 0 Å². The minimum atomic E-state index is -2.88. The van der Waals surface area contributed by atoms with E-state index in [9.17, 15) is 8.42 Å². The third-order valence-electron chi connectivity index (χ3n) is 3.03. The van der Waals surface area contributed by atoms with Gasteiger partial charge in [-0.3, -0.25) is 11.3 Å². The SMILES string of the molecule is CCS(=O)(=O)CCCC(NN)c1cccc(C)c1. The molecule has 4 nitrogen and oxygen atoms in total. The number of hydrogen-bond acceptors (Lipinski definition) is 4. The van der Waals surface area contributed by atoms with Gasteiger partial charge in [-0.25, -0.2) is 8.42 Å². The second-order valence-corrected chi connectivity index (χ2v) is 6.98. The summed E-state index contributed by atoms with van der Waals surface area (Å²) < 4.78 is 22.8. The standard InChI is InChI=1S/C13H22N2O2S/c1-3-18(16,17)9-5-8-13(15-14)12-7-4-6-11(2)10-12/h4,6-7,10,13,15H,3,5,8-9,14H2,1-2H3. The summed E-state index contributed by atoms with van der Waals surface area (Å²) in [6, 6.07) is 8.10. The van der Waals surface area contributed by atoms with Gasteiger partial charge >= 0.3 is 0 Å². The first-order chi connectivity index (χ1) is 8.48. The average molecular weight is 270 g/mol. The average Bonchev–Trinajstić information content (AvgIpc) is 2.34. The van der Waals surface area contributed by atoms with E-state index < -0.39 is 9.84 Å². The molecule has 0 aromatic heterocycles. The summed E-state index contributed by atoms with van der Waals surface area (Å²) in [6.45, 7) is 3.70. The van der Waals surface area contributed by atoms with Crippen molar-refractivity contribution in [2.45, 2.75) is 32.7 Å². The third kappa shape index (κ3) is 4.76. The lowest BCUT2D eigenvalue weighted by Gasteiger charge is -2.16. The minimum Gasteiger partial charge on any atom is -0.271 e. The fourth-order valence-corrected chi connectivity index (χ4v) is 2.78. The fraction of sp³-hybridized carbons (Fsp3) is 0.538. The molecule has 3 N–H and O–H groups in total. The largest absolute Gasteiger partial charge is 0.271 e. The zero-order valence-electron chi connectivity index (χ0n) is 11.0. The molecule has 0 radical (unpaired) electrons. The highest BCUT2D eigenvalue weighted by atomic mass is 32.2. The first kappa shape index (κ1) is 15.1. The Bertz CT molecular complexity index is 472. The highest BCUT2D eigenvalue weighted by molar-refractivity contribution is 7.91. The van der Waals surface area contributed by atoms with Crippen molar-refractivity contribution in [2.75, 3.05) is 11.5 Å². The molecular formula is C13H22N2O2S. The van der Waals surface area contributed by atoms with Gasteiger partial charge in [-0.15, -0.1) is 0 Å². The fourth-order valence-electron chi connectivity index (χ4n) is 1.88. The van der Waals surface area contributed by atoms with Gasteiger partial charge in [-0.05, 0) is 25.3 Å². The molecule has 0 aliphatic carbocycles. The van der Waals surface area contributed by atoms with Gasteiger partial charge in [-0.1, -0.05) is 36.8 Å². The monoisotopic (exact) mass is 270 g/mol. The molecule has 0 saturated heterocycles. The molecule has 102 valence electrons. The molecule has 1 atom stereocenters. The van der Waals surface area contributed by atoms with Crippen LogP contribution in [0, 0.1) is 6.92 Å². The molecular weight excluding hydrogens is 248 g/mol. The normalized spacial score (nSPS) is 13.5. The molecule has 0 heterocycles. The Kier molecular flexibility index (Phi) is 5.78. The Balaban J connectivity index is 2.58. The van der Waals surface area contributed by atoms with Gasteiger partial charge in [-0.2, -0.15) is 0 Å². The van der Waals surface area contributed by atoms with Gasteiger partial charge in [0.25, 0.3) is 0 Å². The van der Waals surface area contributed by atoms with E-state index in [1.165, 1.54) is 5.56 Å². The predicted octanol–water partition coefficient (Wildman–Crippen LogP) is 1.71. The number of hydrogen-bond donors (Lipinski definition) is 2. The Labute approximate surface area is 109 Å². The Hall–Kier alpha value is -0.910. The molecule has 1 rings (SSSR count). The van der Waals surface area contributed by atoms with Crippen molar-refractivity contribution in [3.8, 4) is 0 Å². The Morgan fingerprint density at radius 1 is 1.39 bits per heavy atom. The lowest BCUT2D eigenvalue weighted by atomic mass is 10.0. The van der Waals surface area contributed by atoms with Gasteiger partial charge in [0.05, 0.1) is 5.75 Å². The molecule has 0 fully saturated rings. The number of benzene rings is 1. The van der Waals surface area contributed by atoms with E-state index in [1.54, 1.807) is 6.92 Å². The van der Waals surface area contributed by atoms with Crippen molar-refractivity contribution in [1.82, 2.24) is 5.43 Å².